The van der Waals surface area contributed by atoms with E-state index in [1.165, 1.54) is 23.1 Å². The van der Waals surface area contributed by atoms with Crippen LogP contribution in [0.4, 0.5) is 18.9 Å². The summed E-state index contributed by atoms with van der Waals surface area (Å²) in [6.45, 7) is 6.97. The van der Waals surface area contributed by atoms with Gasteiger partial charge in [-0.25, -0.2) is 9.67 Å². The second-order valence-corrected chi connectivity index (χ2v) is 10.1. The van der Waals surface area contributed by atoms with Gasteiger partial charge in [-0.15, -0.1) is 0 Å². The normalized spacial score (nSPS) is 16.2. The highest BCUT2D eigenvalue weighted by Gasteiger charge is 2.38. The molecule has 1 amide bonds. The van der Waals surface area contributed by atoms with Gasteiger partial charge < -0.3 is 15.3 Å². The number of aliphatic hydroxyl groups is 1. The number of carbonyl (C=O) groups is 1. The lowest BCUT2D eigenvalue weighted by molar-refractivity contribution is -0.137. The van der Waals surface area contributed by atoms with Gasteiger partial charge in [0.05, 0.1) is 52.3 Å². The fraction of sp³-hybridized carbons (Fsp3) is 0.423. The maximum absolute atomic E-state index is 12.9. The standard InChI is InChI=1S/C26H28F3N7O2/c1-17-20(14-33-36(17)22-7-4-18(12-32-22)26(27,28)29)23(37)34-19-5-6-21(31-13-19)25(15-30)8-10-35(11-9-25)16-24(2,3)38/h4-7,12-14,38H,8-11,16H2,1-3H3,(H,34,37). The number of alkyl halides is 3. The molecule has 0 saturated carbocycles. The van der Waals surface area contributed by atoms with Gasteiger partial charge in [0, 0.05) is 25.8 Å². The molecule has 0 aromatic carbocycles. The second kappa shape index (κ2) is 10.2. The summed E-state index contributed by atoms with van der Waals surface area (Å²) in [5.41, 5.74) is -0.759. The van der Waals surface area contributed by atoms with Crippen LogP contribution in [0, 0.1) is 18.3 Å². The van der Waals surface area contributed by atoms with Crippen molar-refractivity contribution in [2.45, 2.75) is 50.8 Å². The number of piperidine rings is 1. The van der Waals surface area contributed by atoms with Crippen molar-refractivity contribution in [2.75, 3.05) is 25.0 Å². The summed E-state index contributed by atoms with van der Waals surface area (Å²) in [5, 5.41) is 26.9. The first kappa shape index (κ1) is 27.2. The minimum atomic E-state index is -4.50. The number of nitrogens with one attached hydrogen (secondary N) is 1. The van der Waals surface area contributed by atoms with Gasteiger partial charge in [-0.05, 0) is 57.9 Å². The number of likely N-dealkylation sites (tertiary alicyclic amines) is 1. The Bertz CT molecular complexity index is 1330. The molecule has 4 rings (SSSR count). The number of halogens is 3. The first-order valence-corrected chi connectivity index (χ1v) is 12.0. The number of rotatable bonds is 6. The van der Waals surface area contributed by atoms with Crippen molar-refractivity contribution < 1.29 is 23.1 Å². The molecule has 9 nitrogen and oxygen atoms in total. The average Bonchev–Trinajstić information content (AvgIpc) is 3.25. The number of anilines is 1. The molecule has 0 bridgehead atoms. The van der Waals surface area contributed by atoms with E-state index in [1.807, 2.05) is 0 Å². The van der Waals surface area contributed by atoms with Gasteiger partial charge in [0.25, 0.3) is 5.91 Å². The molecule has 200 valence electrons. The number of carbonyl (C=O) groups excluding carboxylic acids is 1. The van der Waals surface area contributed by atoms with Crippen LogP contribution in [-0.4, -0.2) is 60.9 Å². The Morgan fingerprint density at radius 3 is 2.37 bits per heavy atom. The lowest BCUT2D eigenvalue weighted by atomic mass is 9.76. The number of nitrogens with zero attached hydrogens (tertiary/aromatic N) is 6. The van der Waals surface area contributed by atoms with Gasteiger partial charge in [-0.1, -0.05) is 0 Å². The topological polar surface area (TPSA) is 120 Å². The van der Waals surface area contributed by atoms with Crippen LogP contribution in [0.25, 0.3) is 5.82 Å². The van der Waals surface area contributed by atoms with Crippen LogP contribution >= 0.6 is 0 Å². The molecule has 3 aromatic heterocycles. The van der Waals surface area contributed by atoms with Crippen molar-refractivity contribution in [3.05, 3.63) is 65.4 Å². The van der Waals surface area contributed by atoms with Gasteiger partial charge in [-0.3, -0.25) is 9.78 Å². The summed E-state index contributed by atoms with van der Waals surface area (Å²) in [6.07, 6.45) is 0.184. The quantitative estimate of drug-likeness (QED) is 0.499. The maximum Gasteiger partial charge on any atom is 0.417 e. The van der Waals surface area contributed by atoms with Crippen LogP contribution in [0.5, 0.6) is 0 Å². The Balaban J connectivity index is 1.43. The molecule has 2 N–H and O–H groups in total. The zero-order chi connectivity index (χ0) is 27.7. The first-order valence-electron chi connectivity index (χ1n) is 12.0. The van der Waals surface area contributed by atoms with Gasteiger partial charge in [-0.2, -0.15) is 23.5 Å². The molecule has 4 heterocycles. The Kier molecular flexibility index (Phi) is 7.27. The third kappa shape index (κ3) is 5.84. The molecule has 0 spiro atoms. The third-order valence-electron chi connectivity index (χ3n) is 6.59. The second-order valence-electron chi connectivity index (χ2n) is 10.1. The summed E-state index contributed by atoms with van der Waals surface area (Å²) in [6, 6.07) is 7.92. The molecule has 38 heavy (non-hydrogen) atoms. The molecular formula is C26H28F3N7O2. The van der Waals surface area contributed by atoms with Gasteiger partial charge in [0.15, 0.2) is 5.82 Å². The lowest BCUT2D eigenvalue weighted by Gasteiger charge is -2.39. The highest BCUT2D eigenvalue weighted by atomic mass is 19.4. The summed E-state index contributed by atoms with van der Waals surface area (Å²) >= 11 is 0. The number of amides is 1. The molecule has 1 aliphatic heterocycles. The largest absolute Gasteiger partial charge is 0.417 e. The molecule has 1 fully saturated rings. The van der Waals surface area contributed by atoms with Crippen LogP contribution in [-0.2, 0) is 11.6 Å². The number of hydrogen-bond donors (Lipinski definition) is 2. The highest BCUT2D eigenvalue weighted by Crippen LogP contribution is 2.35. The predicted molar refractivity (Wildman–Crippen MR) is 133 cm³/mol. The molecule has 1 saturated heterocycles. The van der Waals surface area contributed by atoms with Gasteiger partial charge in [0.1, 0.15) is 5.41 Å². The molecular weight excluding hydrogens is 499 g/mol. The SMILES string of the molecule is Cc1c(C(=O)Nc2ccc(C3(C#N)CCN(CC(C)(C)O)CC3)nc2)cnn1-c1ccc(C(F)(F)F)cn1. The minimum Gasteiger partial charge on any atom is -0.389 e. The van der Waals surface area contributed by atoms with Gasteiger partial charge in [0.2, 0.25) is 0 Å². The molecule has 0 atom stereocenters. The van der Waals surface area contributed by atoms with E-state index < -0.39 is 28.7 Å². The predicted octanol–water partition coefficient (Wildman–Crippen LogP) is 3.87. The van der Waals surface area contributed by atoms with E-state index in [0.717, 1.165) is 6.07 Å². The van der Waals surface area contributed by atoms with Crippen molar-refractivity contribution in [3.8, 4) is 11.9 Å². The number of aromatic nitrogens is 4. The molecule has 1 aliphatic rings. The Hall–Kier alpha value is -3.82. The first-order chi connectivity index (χ1) is 17.8. The van der Waals surface area contributed by atoms with E-state index >= 15 is 0 Å². The molecule has 0 aliphatic carbocycles. The van der Waals surface area contributed by atoms with E-state index in [2.05, 4.69) is 31.4 Å². The summed E-state index contributed by atoms with van der Waals surface area (Å²) in [5.74, 6) is -0.318. The zero-order valence-corrected chi connectivity index (χ0v) is 21.2. The summed E-state index contributed by atoms with van der Waals surface area (Å²) in [4.78, 5) is 23.3. The highest BCUT2D eigenvalue weighted by molar-refractivity contribution is 6.04. The maximum atomic E-state index is 12.9. The van der Waals surface area contributed by atoms with Crippen molar-refractivity contribution in [3.63, 3.8) is 0 Å². The van der Waals surface area contributed by atoms with Crippen LogP contribution in [0.2, 0.25) is 0 Å². The van der Waals surface area contributed by atoms with E-state index in [-0.39, 0.29) is 11.4 Å². The average molecular weight is 528 g/mol. The third-order valence-corrected chi connectivity index (χ3v) is 6.59. The Morgan fingerprint density at radius 2 is 1.84 bits per heavy atom. The number of pyridine rings is 2. The van der Waals surface area contributed by atoms with E-state index in [1.54, 1.807) is 32.9 Å². The zero-order valence-electron chi connectivity index (χ0n) is 21.2. The Labute approximate surface area is 217 Å². The smallest absolute Gasteiger partial charge is 0.389 e. The molecule has 12 heteroatoms. The van der Waals surface area contributed by atoms with E-state index in [0.29, 0.717) is 55.7 Å². The molecule has 0 unspecified atom stereocenters. The minimum absolute atomic E-state index is 0.149. The van der Waals surface area contributed by atoms with Crippen LogP contribution in [0.1, 0.15) is 54.0 Å². The van der Waals surface area contributed by atoms with Crippen molar-refractivity contribution in [2.24, 2.45) is 0 Å². The van der Waals surface area contributed by atoms with E-state index in [9.17, 15) is 28.3 Å². The van der Waals surface area contributed by atoms with Gasteiger partial charge >= 0.3 is 6.18 Å². The number of nitriles is 1. The Morgan fingerprint density at radius 1 is 1.13 bits per heavy atom. The van der Waals surface area contributed by atoms with Crippen molar-refractivity contribution in [1.82, 2.24) is 24.6 Å². The molecule has 3 aromatic rings. The van der Waals surface area contributed by atoms with Crippen molar-refractivity contribution in [1.29, 1.82) is 5.26 Å². The van der Waals surface area contributed by atoms with Crippen LogP contribution in [0.3, 0.4) is 0 Å². The summed E-state index contributed by atoms with van der Waals surface area (Å²) in [7, 11) is 0. The number of hydrogen-bond acceptors (Lipinski definition) is 7. The van der Waals surface area contributed by atoms with Crippen LogP contribution < -0.4 is 5.32 Å². The molecule has 0 radical (unpaired) electrons. The van der Waals surface area contributed by atoms with E-state index in [4.69, 9.17) is 0 Å². The fourth-order valence-electron chi connectivity index (χ4n) is 4.56. The fourth-order valence-corrected chi connectivity index (χ4v) is 4.56. The lowest BCUT2D eigenvalue weighted by Crippen LogP contribution is -2.47. The summed E-state index contributed by atoms with van der Waals surface area (Å²) < 4.78 is 39.7. The number of β-amino-alcohol motifs (C(OH)–C–C–N with tert-alkyl or cyclic N) is 1. The monoisotopic (exact) mass is 527 g/mol. The van der Waals surface area contributed by atoms with Crippen molar-refractivity contribution >= 4 is 11.6 Å². The van der Waals surface area contributed by atoms with Crippen LogP contribution in [0.15, 0.2) is 42.9 Å².